The third-order valence-electron chi connectivity index (χ3n) is 2.56. The van der Waals surface area contributed by atoms with Crippen molar-refractivity contribution in [3.8, 4) is 0 Å². The van der Waals surface area contributed by atoms with Gasteiger partial charge >= 0.3 is 0 Å². The molecule has 0 spiro atoms. The predicted octanol–water partition coefficient (Wildman–Crippen LogP) is 1.39. The normalized spacial score (nSPS) is 15.6. The van der Waals surface area contributed by atoms with Crippen LogP contribution >= 0.6 is 0 Å². The molecule has 1 heterocycles. The molecule has 1 saturated carbocycles. The van der Waals surface area contributed by atoms with Crippen LogP contribution in [0.15, 0.2) is 6.07 Å². The van der Waals surface area contributed by atoms with Gasteiger partial charge in [-0.15, -0.1) is 0 Å². The number of hydrogen-bond acceptors (Lipinski definition) is 4. The number of anilines is 2. The summed E-state index contributed by atoms with van der Waals surface area (Å²) in [6, 6.07) is 1.83. The van der Waals surface area contributed by atoms with E-state index >= 15 is 0 Å². The van der Waals surface area contributed by atoms with E-state index in [9.17, 15) is 0 Å². The second kappa shape index (κ2) is 3.44. The molecule has 76 valence electrons. The van der Waals surface area contributed by atoms with Gasteiger partial charge in [-0.3, -0.25) is 0 Å². The molecule has 0 atom stereocenters. The van der Waals surface area contributed by atoms with Gasteiger partial charge in [-0.2, -0.15) is 0 Å². The Morgan fingerprint density at radius 1 is 1.50 bits per heavy atom. The van der Waals surface area contributed by atoms with Gasteiger partial charge in [0.25, 0.3) is 0 Å². The van der Waals surface area contributed by atoms with E-state index in [2.05, 4.69) is 21.8 Å². The molecule has 1 aliphatic carbocycles. The molecule has 4 nitrogen and oxygen atoms in total. The third-order valence-corrected chi connectivity index (χ3v) is 2.56. The summed E-state index contributed by atoms with van der Waals surface area (Å²) >= 11 is 0. The minimum Gasteiger partial charge on any atom is -0.384 e. The smallest absolute Gasteiger partial charge is 0.136 e. The lowest BCUT2D eigenvalue weighted by molar-refractivity contribution is 0.878. The van der Waals surface area contributed by atoms with E-state index in [0.29, 0.717) is 11.7 Å². The van der Waals surface area contributed by atoms with E-state index in [4.69, 9.17) is 5.73 Å². The molecule has 4 heteroatoms. The molecule has 1 aliphatic rings. The van der Waals surface area contributed by atoms with E-state index in [1.807, 2.05) is 13.1 Å². The Bertz CT molecular complexity index is 333. The summed E-state index contributed by atoms with van der Waals surface area (Å²) in [7, 11) is 2.01. The zero-order chi connectivity index (χ0) is 10.1. The maximum Gasteiger partial charge on any atom is 0.136 e. The average Bonchev–Trinajstić information content (AvgIpc) is 2.98. The summed E-state index contributed by atoms with van der Waals surface area (Å²) in [6.07, 6.45) is 2.41. The molecule has 2 rings (SSSR count). The van der Waals surface area contributed by atoms with Gasteiger partial charge in [0.15, 0.2) is 0 Å². The second-order valence-corrected chi connectivity index (χ2v) is 3.80. The van der Waals surface area contributed by atoms with Crippen molar-refractivity contribution in [2.24, 2.45) is 0 Å². The summed E-state index contributed by atoms with van der Waals surface area (Å²) < 4.78 is 0. The summed E-state index contributed by atoms with van der Waals surface area (Å²) in [5, 5.41) is 0. The van der Waals surface area contributed by atoms with E-state index < -0.39 is 0 Å². The molecule has 0 amide bonds. The number of hydrogen-bond donors (Lipinski definition) is 1. The molecular weight excluding hydrogens is 176 g/mol. The lowest BCUT2D eigenvalue weighted by Gasteiger charge is -2.16. The fourth-order valence-electron chi connectivity index (χ4n) is 1.35. The molecule has 0 aliphatic heterocycles. The van der Waals surface area contributed by atoms with Crippen LogP contribution in [-0.4, -0.2) is 23.6 Å². The van der Waals surface area contributed by atoms with Gasteiger partial charge in [0, 0.05) is 25.6 Å². The van der Waals surface area contributed by atoms with Gasteiger partial charge in [-0.1, -0.05) is 0 Å². The first-order chi connectivity index (χ1) is 6.70. The molecule has 1 aromatic rings. The van der Waals surface area contributed by atoms with Gasteiger partial charge < -0.3 is 10.6 Å². The summed E-state index contributed by atoms with van der Waals surface area (Å²) in [5.74, 6) is 2.99. The van der Waals surface area contributed by atoms with Gasteiger partial charge in [-0.05, 0) is 19.8 Å². The Morgan fingerprint density at radius 2 is 2.21 bits per heavy atom. The van der Waals surface area contributed by atoms with Crippen LogP contribution in [0.4, 0.5) is 11.6 Å². The van der Waals surface area contributed by atoms with Crippen LogP contribution in [-0.2, 0) is 0 Å². The fraction of sp³-hybridized carbons (Fsp3) is 0.600. The lowest BCUT2D eigenvalue weighted by Crippen LogP contribution is -2.18. The van der Waals surface area contributed by atoms with Crippen molar-refractivity contribution in [1.82, 2.24) is 9.97 Å². The van der Waals surface area contributed by atoms with Crippen LogP contribution < -0.4 is 10.6 Å². The SMILES string of the molecule is CCN(C)c1cc(N)nc(C2CC2)n1. The number of nitrogens with two attached hydrogens (primary N) is 1. The van der Waals surface area contributed by atoms with Gasteiger partial charge in [0.2, 0.25) is 0 Å². The molecule has 14 heavy (non-hydrogen) atoms. The number of nitrogen functional groups attached to an aromatic ring is 1. The first-order valence-electron chi connectivity index (χ1n) is 5.06. The van der Waals surface area contributed by atoms with Crippen molar-refractivity contribution in [3.05, 3.63) is 11.9 Å². The number of nitrogens with zero attached hydrogens (tertiary/aromatic N) is 3. The van der Waals surface area contributed by atoms with Crippen molar-refractivity contribution >= 4 is 11.6 Å². The average molecular weight is 192 g/mol. The van der Waals surface area contributed by atoms with Crippen molar-refractivity contribution in [2.45, 2.75) is 25.7 Å². The first kappa shape index (κ1) is 9.24. The van der Waals surface area contributed by atoms with Crippen LogP contribution in [0.3, 0.4) is 0 Å². The minimum absolute atomic E-state index is 0.558. The van der Waals surface area contributed by atoms with Crippen molar-refractivity contribution < 1.29 is 0 Å². The van der Waals surface area contributed by atoms with Gasteiger partial charge in [0.05, 0.1) is 0 Å². The molecule has 1 fully saturated rings. The standard InChI is InChI=1S/C10H16N4/c1-3-14(2)9-6-8(11)12-10(13-9)7-4-5-7/h6-7H,3-5H2,1-2H3,(H2,11,12,13). The highest BCUT2D eigenvalue weighted by Crippen LogP contribution is 2.38. The lowest BCUT2D eigenvalue weighted by atomic mass is 10.3. The quantitative estimate of drug-likeness (QED) is 0.786. The predicted molar refractivity (Wildman–Crippen MR) is 57.4 cm³/mol. The molecular formula is C10H16N4. The zero-order valence-corrected chi connectivity index (χ0v) is 8.70. The van der Waals surface area contributed by atoms with Crippen molar-refractivity contribution in [2.75, 3.05) is 24.2 Å². The molecule has 1 aromatic heterocycles. The van der Waals surface area contributed by atoms with Crippen LogP contribution in [0.1, 0.15) is 31.5 Å². The maximum atomic E-state index is 5.74. The van der Waals surface area contributed by atoms with Gasteiger partial charge in [-0.25, -0.2) is 9.97 Å². The maximum absolute atomic E-state index is 5.74. The Morgan fingerprint density at radius 3 is 2.79 bits per heavy atom. The molecule has 0 aromatic carbocycles. The van der Waals surface area contributed by atoms with E-state index in [1.54, 1.807) is 0 Å². The molecule has 2 N–H and O–H groups in total. The summed E-state index contributed by atoms with van der Waals surface area (Å²) in [6.45, 7) is 3.02. The first-order valence-corrected chi connectivity index (χ1v) is 5.06. The second-order valence-electron chi connectivity index (χ2n) is 3.80. The number of rotatable bonds is 3. The molecule has 0 radical (unpaired) electrons. The minimum atomic E-state index is 0.558. The third kappa shape index (κ3) is 1.78. The summed E-state index contributed by atoms with van der Waals surface area (Å²) in [5.41, 5.74) is 5.74. The highest BCUT2D eigenvalue weighted by Gasteiger charge is 2.27. The zero-order valence-electron chi connectivity index (χ0n) is 8.70. The largest absolute Gasteiger partial charge is 0.384 e. The van der Waals surface area contributed by atoms with Crippen LogP contribution in [0.2, 0.25) is 0 Å². The number of aromatic nitrogens is 2. The van der Waals surface area contributed by atoms with Crippen LogP contribution in [0.25, 0.3) is 0 Å². The Labute approximate surface area is 84.2 Å². The Kier molecular flexibility index (Phi) is 2.27. The summed E-state index contributed by atoms with van der Waals surface area (Å²) in [4.78, 5) is 10.8. The Hall–Kier alpha value is -1.32. The highest BCUT2D eigenvalue weighted by molar-refractivity contribution is 5.46. The van der Waals surface area contributed by atoms with Gasteiger partial charge in [0.1, 0.15) is 17.5 Å². The van der Waals surface area contributed by atoms with E-state index in [1.165, 1.54) is 12.8 Å². The monoisotopic (exact) mass is 192 g/mol. The Balaban J connectivity index is 2.30. The topological polar surface area (TPSA) is 55.0 Å². The molecule has 0 unspecified atom stereocenters. The van der Waals surface area contributed by atoms with Crippen molar-refractivity contribution in [3.63, 3.8) is 0 Å². The van der Waals surface area contributed by atoms with E-state index in [-0.39, 0.29) is 0 Å². The van der Waals surface area contributed by atoms with Crippen molar-refractivity contribution in [1.29, 1.82) is 0 Å². The fourth-order valence-corrected chi connectivity index (χ4v) is 1.35. The molecule has 0 saturated heterocycles. The highest BCUT2D eigenvalue weighted by atomic mass is 15.2. The van der Waals surface area contributed by atoms with Crippen LogP contribution in [0.5, 0.6) is 0 Å². The molecule has 0 bridgehead atoms. The van der Waals surface area contributed by atoms with E-state index in [0.717, 1.165) is 18.2 Å². The van der Waals surface area contributed by atoms with Crippen LogP contribution in [0, 0.1) is 0 Å².